The molecule has 18 heavy (non-hydrogen) atoms. The lowest BCUT2D eigenvalue weighted by atomic mass is 9.95. The topological polar surface area (TPSA) is 59.0 Å². The number of nitrogens with zero attached hydrogens (tertiary/aromatic N) is 1. The summed E-state index contributed by atoms with van der Waals surface area (Å²) in [7, 11) is 0. The Bertz CT molecular complexity index is 345. The number of carbonyl (C=O) groups is 1. The van der Waals surface area contributed by atoms with E-state index in [4.69, 9.17) is 9.47 Å². The van der Waals surface area contributed by atoms with E-state index in [-0.39, 0.29) is 12.6 Å². The molecule has 1 aliphatic carbocycles. The third kappa shape index (κ3) is 3.46. The molecule has 1 heterocycles. The Labute approximate surface area is 107 Å². The highest BCUT2D eigenvalue weighted by Crippen LogP contribution is 2.25. The van der Waals surface area contributed by atoms with Crippen LogP contribution in [-0.2, 0) is 14.3 Å². The van der Waals surface area contributed by atoms with E-state index < -0.39 is 11.8 Å². The lowest BCUT2D eigenvalue weighted by Crippen LogP contribution is -2.40. The summed E-state index contributed by atoms with van der Waals surface area (Å²) in [6.45, 7) is 3.60. The van der Waals surface area contributed by atoms with Gasteiger partial charge in [0.2, 0.25) is 5.79 Å². The van der Waals surface area contributed by atoms with Crippen molar-refractivity contribution in [3.05, 3.63) is 11.8 Å². The standard InChI is InChI=1S/C13H21NO4/c1-13(2)17-11(8-12(15)18-13)9-14(16)10-6-4-3-5-7-10/h8,10,16H,3-7,9H2,1-2H3. The molecule has 102 valence electrons. The smallest absolute Gasteiger partial charge is 0.337 e. The van der Waals surface area contributed by atoms with Crippen LogP contribution < -0.4 is 0 Å². The van der Waals surface area contributed by atoms with Crippen molar-refractivity contribution in [1.82, 2.24) is 5.06 Å². The Balaban J connectivity index is 1.93. The summed E-state index contributed by atoms with van der Waals surface area (Å²) in [5, 5.41) is 11.3. The van der Waals surface area contributed by atoms with Gasteiger partial charge in [-0.3, -0.25) is 0 Å². The molecule has 2 aliphatic rings. The molecule has 1 saturated carbocycles. The van der Waals surface area contributed by atoms with E-state index in [0.29, 0.717) is 5.76 Å². The number of esters is 1. The van der Waals surface area contributed by atoms with Gasteiger partial charge in [-0.25, -0.2) is 4.79 Å². The zero-order chi connectivity index (χ0) is 13.2. The second-order valence-electron chi connectivity index (χ2n) is 5.42. The maximum atomic E-state index is 11.4. The molecule has 0 aromatic carbocycles. The fourth-order valence-electron chi connectivity index (χ4n) is 2.51. The zero-order valence-corrected chi connectivity index (χ0v) is 11.0. The van der Waals surface area contributed by atoms with Crippen molar-refractivity contribution >= 4 is 5.97 Å². The van der Waals surface area contributed by atoms with Crippen molar-refractivity contribution < 1.29 is 19.5 Å². The Hall–Kier alpha value is -1.07. The maximum Gasteiger partial charge on any atom is 0.337 e. The predicted octanol–water partition coefficient (Wildman–Crippen LogP) is 2.20. The molecule has 5 nitrogen and oxygen atoms in total. The van der Waals surface area contributed by atoms with Gasteiger partial charge in [-0.2, -0.15) is 5.06 Å². The molecule has 0 spiro atoms. The highest BCUT2D eigenvalue weighted by atomic mass is 16.7. The van der Waals surface area contributed by atoms with Crippen molar-refractivity contribution in [3.63, 3.8) is 0 Å². The van der Waals surface area contributed by atoms with E-state index >= 15 is 0 Å². The predicted molar refractivity (Wildman–Crippen MR) is 64.7 cm³/mol. The fourth-order valence-corrected chi connectivity index (χ4v) is 2.51. The van der Waals surface area contributed by atoms with Crippen molar-refractivity contribution in [2.45, 2.75) is 57.8 Å². The van der Waals surface area contributed by atoms with Gasteiger partial charge < -0.3 is 14.7 Å². The van der Waals surface area contributed by atoms with Crippen LogP contribution in [0, 0.1) is 0 Å². The van der Waals surface area contributed by atoms with Gasteiger partial charge in [-0.05, 0) is 12.8 Å². The molecule has 0 atom stereocenters. The highest BCUT2D eigenvalue weighted by molar-refractivity contribution is 5.83. The quantitative estimate of drug-likeness (QED) is 0.619. The molecule has 1 fully saturated rings. The van der Waals surface area contributed by atoms with Crippen LogP contribution >= 0.6 is 0 Å². The number of hydrogen-bond acceptors (Lipinski definition) is 5. The fraction of sp³-hybridized carbons (Fsp3) is 0.769. The summed E-state index contributed by atoms with van der Waals surface area (Å²) in [5.74, 6) is -0.906. The van der Waals surface area contributed by atoms with Crippen molar-refractivity contribution in [2.24, 2.45) is 0 Å². The van der Waals surface area contributed by atoms with Crippen LogP contribution in [0.1, 0.15) is 46.0 Å². The Kier molecular flexibility index (Phi) is 3.92. The number of cyclic esters (lactones) is 1. The maximum absolute atomic E-state index is 11.4. The van der Waals surface area contributed by atoms with Gasteiger partial charge in [0, 0.05) is 19.9 Å². The molecule has 0 amide bonds. The van der Waals surface area contributed by atoms with Gasteiger partial charge in [0.1, 0.15) is 5.76 Å². The normalized spacial score (nSPS) is 24.4. The molecular weight excluding hydrogens is 234 g/mol. The number of rotatable bonds is 3. The summed E-state index contributed by atoms with van der Waals surface area (Å²) in [6.07, 6.45) is 6.83. The first-order valence-corrected chi connectivity index (χ1v) is 6.54. The minimum Gasteiger partial charge on any atom is -0.455 e. The van der Waals surface area contributed by atoms with E-state index in [2.05, 4.69) is 0 Å². The van der Waals surface area contributed by atoms with Crippen molar-refractivity contribution in [3.8, 4) is 0 Å². The molecule has 1 N–H and O–H groups in total. The van der Waals surface area contributed by atoms with Gasteiger partial charge in [0.25, 0.3) is 0 Å². The monoisotopic (exact) mass is 255 g/mol. The van der Waals surface area contributed by atoms with Crippen LogP contribution in [0.2, 0.25) is 0 Å². The molecule has 0 bridgehead atoms. The summed E-state index contributed by atoms with van der Waals surface area (Å²) < 4.78 is 10.5. The Morgan fingerprint density at radius 1 is 1.33 bits per heavy atom. The third-order valence-corrected chi connectivity index (χ3v) is 3.32. The molecule has 5 heteroatoms. The van der Waals surface area contributed by atoms with Gasteiger partial charge in [-0.1, -0.05) is 19.3 Å². The summed E-state index contributed by atoms with van der Waals surface area (Å²) >= 11 is 0. The van der Waals surface area contributed by atoms with E-state index in [1.165, 1.54) is 17.6 Å². The highest BCUT2D eigenvalue weighted by Gasteiger charge is 2.31. The molecule has 2 rings (SSSR count). The van der Waals surface area contributed by atoms with E-state index in [1.807, 2.05) is 0 Å². The SMILES string of the molecule is CC1(C)OC(=O)C=C(CN(O)C2CCCCC2)O1. The minimum atomic E-state index is -0.950. The Morgan fingerprint density at radius 2 is 2.00 bits per heavy atom. The van der Waals surface area contributed by atoms with Crippen LogP contribution in [0.5, 0.6) is 0 Å². The number of hydroxylamine groups is 2. The molecule has 0 unspecified atom stereocenters. The first-order valence-electron chi connectivity index (χ1n) is 6.54. The van der Waals surface area contributed by atoms with Crippen LogP contribution in [-0.4, -0.2) is 34.6 Å². The second-order valence-corrected chi connectivity index (χ2v) is 5.42. The average Bonchev–Trinajstić information content (AvgIpc) is 2.27. The van der Waals surface area contributed by atoms with Crippen LogP contribution in [0.25, 0.3) is 0 Å². The van der Waals surface area contributed by atoms with Crippen molar-refractivity contribution in [2.75, 3.05) is 6.54 Å². The van der Waals surface area contributed by atoms with Crippen LogP contribution in [0.3, 0.4) is 0 Å². The molecule has 0 aromatic heterocycles. The van der Waals surface area contributed by atoms with Crippen LogP contribution in [0.4, 0.5) is 0 Å². The van der Waals surface area contributed by atoms with Gasteiger partial charge >= 0.3 is 5.97 Å². The van der Waals surface area contributed by atoms with Gasteiger partial charge in [0.15, 0.2) is 0 Å². The van der Waals surface area contributed by atoms with E-state index in [0.717, 1.165) is 25.7 Å². The zero-order valence-electron chi connectivity index (χ0n) is 11.0. The number of hydrogen-bond donors (Lipinski definition) is 1. The summed E-state index contributed by atoms with van der Waals surface area (Å²) in [6, 6.07) is 0.171. The lowest BCUT2D eigenvalue weighted by molar-refractivity contribution is -0.213. The number of carbonyl (C=O) groups excluding carboxylic acids is 1. The first-order chi connectivity index (χ1) is 8.46. The van der Waals surface area contributed by atoms with Crippen molar-refractivity contribution in [1.29, 1.82) is 0 Å². The van der Waals surface area contributed by atoms with Crippen LogP contribution in [0.15, 0.2) is 11.8 Å². The number of ether oxygens (including phenoxy) is 2. The molecule has 0 saturated heterocycles. The van der Waals surface area contributed by atoms with E-state index in [9.17, 15) is 10.0 Å². The first kappa shape index (κ1) is 13.4. The molecule has 1 aliphatic heterocycles. The lowest BCUT2D eigenvalue weighted by Gasteiger charge is -2.34. The van der Waals surface area contributed by atoms with Gasteiger partial charge in [-0.15, -0.1) is 0 Å². The third-order valence-electron chi connectivity index (χ3n) is 3.32. The van der Waals surface area contributed by atoms with E-state index in [1.54, 1.807) is 13.8 Å². The molecule has 0 radical (unpaired) electrons. The Morgan fingerprint density at radius 3 is 2.61 bits per heavy atom. The molecule has 0 aromatic rings. The largest absolute Gasteiger partial charge is 0.455 e. The summed E-state index contributed by atoms with van der Waals surface area (Å²) in [4.78, 5) is 11.4. The minimum absolute atomic E-state index is 0.171. The molecular formula is C13H21NO4. The van der Waals surface area contributed by atoms with Gasteiger partial charge in [0.05, 0.1) is 12.6 Å². The average molecular weight is 255 g/mol. The second kappa shape index (κ2) is 5.28. The summed E-state index contributed by atoms with van der Waals surface area (Å²) in [5.41, 5.74) is 0.